The van der Waals surface area contributed by atoms with E-state index in [9.17, 15) is 19.7 Å². The zero-order valence-corrected chi connectivity index (χ0v) is 17.2. The Labute approximate surface area is 186 Å². The summed E-state index contributed by atoms with van der Waals surface area (Å²) in [6, 6.07) is 17.6. The molecule has 0 aliphatic carbocycles. The molecule has 9 nitrogen and oxygen atoms in total. The van der Waals surface area contributed by atoms with Crippen LogP contribution in [0.1, 0.15) is 0 Å². The molecule has 4 rings (SSSR count). The zero-order chi connectivity index (χ0) is 22.7. The van der Waals surface area contributed by atoms with E-state index in [-0.39, 0.29) is 17.6 Å². The largest absolute Gasteiger partial charge is 0.455 e. The van der Waals surface area contributed by atoms with E-state index < -0.39 is 16.4 Å². The smallest absolute Gasteiger partial charge is 0.270 e. The van der Waals surface area contributed by atoms with E-state index in [0.29, 0.717) is 27.7 Å². The highest BCUT2D eigenvalue weighted by molar-refractivity contribution is 6.31. The van der Waals surface area contributed by atoms with Crippen LogP contribution in [0.2, 0.25) is 5.02 Å². The lowest BCUT2D eigenvalue weighted by Gasteiger charge is -2.13. The highest BCUT2D eigenvalue weighted by Gasteiger charge is 2.14. The maximum Gasteiger partial charge on any atom is 0.270 e. The minimum atomic E-state index is -0.601. The number of hydrogen-bond acceptors (Lipinski definition) is 6. The molecule has 0 atom stereocenters. The molecule has 32 heavy (non-hydrogen) atoms. The second-order valence-corrected chi connectivity index (χ2v) is 7.18. The minimum Gasteiger partial charge on any atom is -0.455 e. The number of carbonyl (C=O) groups is 1. The van der Waals surface area contributed by atoms with E-state index in [2.05, 4.69) is 10.3 Å². The van der Waals surface area contributed by atoms with Crippen molar-refractivity contribution in [1.82, 2.24) is 9.55 Å². The van der Waals surface area contributed by atoms with Crippen LogP contribution >= 0.6 is 11.6 Å². The van der Waals surface area contributed by atoms with Gasteiger partial charge in [0.2, 0.25) is 5.91 Å². The van der Waals surface area contributed by atoms with Gasteiger partial charge < -0.3 is 10.1 Å². The number of fused-ring (bicyclic) bond motifs is 1. The van der Waals surface area contributed by atoms with Crippen LogP contribution < -0.4 is 15.6 Å². The number of benzene rings is 3. The normalized spacial score (nSPS) is 10.7. The van der Waals surface area contributed by atoms with Crippen LogP contribution in [0, 0.1) is 10.1 Å². The molecular weight excluding hydrogens is 436 g/mol. The van der Waals surface area contributed by atoms with Crippen LogP contribution in [0.4, 0.5) is 11.4 Å². The summed E-state index contributed by atoms with van der Waals surface area (Å²) in [7, 11) is 0. The van der Waals surface area contributed by atoms with Crippen molar-refractivity contribution in [2.24, 2.45) is 0 Å². The summed E-state index contributed by atoms with van der Waals surface area (Å²) in [5, 5.41) is 14.1. The summed E-state index contributed by atoms with van der Waals surface area (Å²) in [5.74, 6) is 0.411. The lowest BCUT2D eigenvalue weighted by atomic mass is 10.2. The SMILES string of the molecule is O=C(Cn1cnc2ccc([N+](=O)[O-])cc2c1=O)Nc1cc(Cl)ccc1Oc1ccccc1. The number of non-ortho nitro benzene ring substituents is 1. The first-order valence-electron chi connectivity index (χ1n) is 9.36. The van der Waals surface area contributed by atoms with E-state index in [4.69, 9.17) is 16.3 Å². The average Bonchev–Trinajstić information content (AvgIpc) is 2.78. The Morgan fingerprint density at radius 1 is 1.12 bits per heavy atom. The Hall–Kier alpha value is -4.24. The lowest BCUT2D eigenvalue weighted by Crippen LogP contribution is -2.28. The molecule has 0 bridgehead atoms. The summed E-state index contributed by atoms with van der Waals surface area (Å²) >= 11 is 6.07. The summed E-state index contributed by atoms with van der Waals surface area (Å²) in [6.07, 6.45) is 1.22. The van der Waals surface area contributed by atoms with Crippen molar-refractivity contribution in [3.63, 3.8) is 0 Å². The minimum absolute atomic E-state index is 0.0466. The summed E-state index contributed by atoms with van der Waals surface area (Å²) in [6.45, 7) is -0.359. The maximum atomic E-state index is 12.7. The number of halogens is 1. The van der Waals surface area contributed by atoms with Gasteiger partial charge in [0.15, 0.2) is 5.75 Å². The molecule has 1 N–H and O–H groups in total. The number of nitrogens with one attached hydrogen (secondary N) is 1. The molecule has 3 aromatic carbocycles. The van der Waals surface area contributed by atoms with Gasteiger partial charge in [-0.25, -0.2) is 4.98 Å². The molecule has 0 saturated heterocycles. The number of amides is 1. The number of nitrogens with zero attached hydrogens (tertiary/aromatic N) is 3. The van der Waals surface area contributed by atoms with Crippen LogP contribution in [0.3, 0.4) is 0 Å². The Morgan fingerprint density at radius 3 is 2.66 bits per heavy atom. The molecule has 4 aromatic rings. The Morgan fingerprint density at radius 2 is 1.91 bits per heavy atom. The Kier molecular flexibility index (Phi) is 5.82. The van der Waals surface area contributed by atoms with Gasteiger partial charge in [0.1, 0.15) is 12.3 Å². The predicted octanol–water partition coefficient (Wildman–Crippen LogP) is 4.39. The van der Waals surface area contributed by atoms with Gasteiger partial charge in [-0.05, 0) is 36.4 Å². The maximum absolute atomic E-state index is 12.7. The number of nitro benzene ring substituents is 1. The molecule has 10 heteroatoms. The molecule has 0 saturated carbocycles. The topological polar surface area (TPSA) is 116 Å². The van der Waals surface area contributed by atoms with Gasteiger partial charge in [-0.15, -0.1) is 0 Å². The van der Waals surface area contributed by atoms with Crippen LogP contribution in [0.15, 0.2) is 77.9 Å². The van der Waals surface area contributed by atoms with E-state index in [1.54, 1.807) is 24.3 Å². The van der Waals surface area contributed by atoms with Gasteiger partial charge in [-0.3, -0.25) is 24.3 Å². The third-order valence-corrected chi connectivity index (χ3v) is 4.75. The number of para-hydroxylation sites is 1. The van der Waals surface area contributed by atoms with E-state index >= 15 is 0 Å². The molecule has 0 unspecified atom stereocenters. The number of nitro groups is 1. The van der Waals surface area contributed by atoms with Crippen molar-refractivity contribution in [2.75, 3.05) is 5.32 Å². The van der Waals surface area contributed by atoms with Crippen molar-refractivity contribution < 1.29 is 14.5 Å². The fourth-order valence-electron chi connectivity index (χ4n) is 3.02. The number of ether oxygens (including phenoxy) is 1. The quantitative estimate of drug-likeness (QED) is 0.344. The van der Waals surface area contributed by atoms with Gasteiger partial charge in [0.25, 0.3) is 11.2 Å². The first-order chi connectivity index (χ1) is 15.4. The van der Waals surface area contributed by atoms with Crippen LogP contribution in [0.25, 0.3) is 10.9 Å². The monoisotopic (exact) mass is 450 g/mol. The van der Waals surface area contributed by atoms with Gasteiger partial charge in [-0.1, -0.05) is 29.8 Å². The molecule has 0 aliphatic rings. The average molecular weight is 451 g/mol. The Bertz CT molecular complexity index is 1390. The summed E-state index contributed by atoms with van der Waals surface area (Å²) < 4.78 is 6.89. The first kappa shape index (κ1) is 21.0. The number of aromatic nitrogens is 2. The van der Waals surface area contributed by atoms with Gasteiger partial charge in [0.05, 0.1) is 27.8 Å². The van der Waals surface area contributed by atoms with Crippen LogP contribution in [-0.4, -0.2) is 20.4 Å². The van der Waals surface area contributed by atoms with Crippen molar-refractivity contribution in [2.45, 2.75) is 6.54 Å². The third-order valence-electron chi connectivity index (χ3n) is 4.52. The molecule has 160 valence electrons. The van der Waals surface area contributed by atoms with Gasteiger partial charge in [0, 0.05) is 17.2 Å². The fourth-order valence-corrected chi connectivity index (χ4v) is 3.19. The van der Waals surface area contributed by atoms with E-state index in [0.717, 1.165) is 10.6 Å². The molecular formula is C22H15ClN4O5. The molecule has 1 aromatic heterocycles. The highest BCUT2D eigenvalue weighted by atomic mass is 35.5. The predicted molar refractivity (Wildman–Crippen MR) is 119 cm³/mol. The van der Waals surface area contributed by atoms with E-state index in [1.807, 2.05) is 18.2 Å². The van der Waals surface area contributed by atoms with E-state index in [1.165, 1.54) is 24.5 Å². The second kappa shape index (κ2) is 8.86. The third kappa shape index (κ3) is 4.57. The van der Waals surface area contributed by atoms with Crippen molar-refractivity contribution >= 4 is 39.8 Å². The Balaban J connectivity index is 1.58. The van der Waals surface area contributed by atoms with Crippen LogP contribution in [0.5, 0.6) is 11.5 Å². The number of anilines is 1. The van der Waals surface area contributed by atoms with Gasteiger partial charge in [-0.2, -0.15) is 0 Å². The zero-order valence-electron chi connectivity index (χ0n) is 16.4. The van der Waals surface area contributed by atoms with Crippen molar-refractivity contribution in [1.29, 1.82) is 0 Å². The fraction of sp³-hybridized carbons (Fsp3) is 0.0455. The van der Waals surface area contributed by atoms with Gasteiger partial charge >= 0.3 is 0 Å². The molecule has 1 heterocycles. The molecule has 0 aliphatic heterocycles. The molecule has 0 fully saturated rings. The summed E-state index contributed by atoms with van der Waals surface area (Å²) in [4.78, 5) is 39.9. The lowest BCUT2D eigenvalue weighted by molar-refractivity contribution is -0.384. The number of carbonyl (C=O) groups excluding carboxylic acids is 1. The molecule has 0 radical (unpaired) electrons. The molecule has 0 spiro atoms. The summed E-state index contributed by atoms with van der Waals surface area (Å²) in [5.41, 5.74) is -0.185. The highest BCUT2D eigenvalue weighted by Crippen LogP contribution is 2.32. The molecule has 1 amide bonds. The standard InChI is InChI=1S/C22H15ClN4O5/c23-14-6-9-20(32-16-4-2-1-3-5-16)19(10-14)25-21(28)12-26-13-24-18-8-7-15(27(30)31)11-17(18)22(26)29/h1-11,13H,12H2,(H,25,28). The number of rotatable bonds is 6. The van der Waals surface area contributed by atoms with Crippen molar-refractivity contribution in [3.8, 4) is 11.5 Å². The second-order valence-electron chi connectivity index (χ2n) is 6.74. The van der Waals surface area contributed by atoms with Crippen LogP contribution in [-0.2, 0) is 11.3 Å². The first-order valence-corrected chi connectivity index (χ1v) is 9.74. The number of hydrogen-bond donors (Lipinski definition) is 1. The van der Waals surface area contributed by atoms with Crippen molar-refractivity contribution in [3.05, 3.63) is 98.5 Å².